The molecule has 7 nitrogen and oxygen atoms in total. The van der Waals surface area contributed by atoms with Gasteiger partial charge in [0, 0.05) is 28.8 Å². The number of rotatable bonds is 7. The Bertz CT molecular complexity index is 1280. The highest BCUT2D eigenvalue weighted by molar-refractivity contribution is 7.23. The minimum atomic E-state index is -0.457. The van der Waals surface area contributed by atoms with Crippen LogP contribution in [0.3, 0.4) is 0 Å². The highest BCUT2D eigenvalue weighted by Crippen LogP contribution is 2.34. The van der Waals surface area contributed by atoms with Crippen LogP contribution in [0.25, 0.3) is 20.3 Å². The van der Waals surface area contributed by atoms with E-state index in [4.69, 9.17) is 0 Å². The molecule has 160 valence electrons. The Morgan fingerprint density at radius 1 is 1.13 bits per heavy atom. The highest BCUT2D eigenvalue weighted by atomic mass is 32.1. The molecule has 4 aromatic rings. The summed E-state index contributed by atoms with van der Waals surface area (Å²) >= 11 is 2.55. The number of amides is 1. The lowest BCUT2D eigenvalue weighted by Gasteiger charge is -2.20. The summed E-state index contributed by atoms with van der Waals surface area (Å²) in [5, 5.41) is 12.1. The summed E-state index contributed by atoms with van der Waals surface area (Å²) in [7, 11) is 3.91. The third-order valence-electron chi connectivity index (χ3n) is 4.74. The lowest BCUT2D eigenvalue weighted by molar-refractivity contribution is -0.384. The van der Waals surface area contributed by atoms with Gasteiger partial charge in [0.15, 0.2) is 5.13 Å². The molecule has 0 aliphatic rings. The van der Waals surface area contributed by atoms with Gasteiger partial charge in [-0.15, -0.1) is 11.3 Å². The van der Waals surface area contributed by atoms with Crippen LogP contribution in [0.2, 0.25) is 0 Å². The number of thiophene rings is 1. The van der Waals surface area contributed by atoms with Crippen LogP contribution in [0.5, 0.6) is 0 Å². The van der Waals surface area contributed by atoms with E-state index in [0.717, 1.165) is 11.2 Å². The number of carbonyl (C=O) groups excluding carboxylic acids is 1. The first-order chi connectivity index (χ1) is 14.8. The van der Waals surface area contributed by atoms with Crippen molar-refractivity contribution in [2.24, 2.45) is 0 Å². The molecule has 1 amide bonds. The molecule has 0 saturated carbocycles. The number of halogens is 1. The molecular formula is C21H19FN4O3S2. The SMILES string of the molecule is CN(C)CCCN(C(=O)c1cc2cc([N+](=O)[O-])ccc2s1)c1nc2c(F)cccc2s1. The molecule has 0 N–H and O–H groups in total. The summed E-state index contributed by atoms with van der Waals surface area (Å²) in [5.41, 5.74) is 0.230. The number of fused-ring (bicyclic) bond motifs is 2. The molecule has 0 aliphatic heterocycles. The van der Waals surface area contributed by atoms with Gasteiger partial charge in [-0.2, -0.15) is 0 Å². The molecule has 0 bridgehead atoms. The van der Waals surface area contributed by atoms with Gasteiger partial charge in [-0.05, 0) is 51.3 Å². The monoisotopic (exact) mass is 458 g/mol. The second-order valence-corrected chi connectivity index (χ2v) is 9.38. The fourth-order valence-electron chi connectivity index (χ4n) is 3.23. The number of anilines is 1. The summed E-state index contributed by atoms with van der Waals surface area (Å²) in [6, 6.07) is 11.0. The van der Waals surface area contributed by atoms with Gasteiger partial charge < -0.3 is 4.90 Å². The molecule has 2 aromatic carbocycles. The van der Waals surface area contributed by atoms with E-state index in [2.05, 4.69) is 4.98 Å². The molecule has 31 heavy (non-hydrogen) atoms. The van der Waals surface area contributed by atoms with Gasteiger partial charge >= 0.3 is 0 Å². The van der Waals surface area contributed by atoms with E-state index in [1.165, 1.54) is 40.9 Å². The van der Waals surface area contributed by atoms with Crippen LogP contribution in [0, 0.1) is 15.9 Å². The zero-order valence-corrected chi connectivity index (χ0v) is 18.5. The highest BCUT2D eigenvalue weighted by Gasteiger charge is 2.24. The summed E-state index contributed by atoms with van der Waals surface area (Å²) < 4.78 is 15.6. The van der Waals surface area contributed by atoms with Crippen LogP contribution >= 0.6 is 22.7 Å². The van der Waals surface area contributed by atoms with E-state index >= 15 is 0 Å². The fraction of sp³-hybridized carbons (Fsp3) is 0.238. The maximum absolute atomic E-state index is 14.2. The van der Waals surface area contributed by atoms with Gasteiger partial charge in [0.1, 0.15) is 11.3 Å². The molecule has 0 saturated heterocycles. The molecule has 0 fully saturated rings. The predicted molar refractivity (Wildman–Crippen MR) is 123 cm³/mol. The maximum atomic E-state index is 14.2. The first kappa shape index (κ1) is 21.3. The van der Waals surface area contributed by atoms with Gasteiger partial charge in [0.25, 0.3) is 11.6 Å². The van der Waals surface area contributed by atoms with Gasteiger partial charge in [-0.1, -0.05) is 17.4 Å². The average molecular weight is 459 g/mol. The zero-order valence-electron chi connectivity index (χ0n) is 16.9. The molecule has 0 atom stereocenters. The van der Waals surface area contributed by atoms with Crippen molar-refractivity contribution in [2.75, 3.05) is 32.1 Å². The van der Waals surface area contributed by atoms with Crippen molar-refractivity contribution in [3.05, 3.63) is 63.3 Å². The molecule has 10 heteroatoms. The number of aromatic nitrogens is 1. The summed E-state index contributed by atoms with van der Waals surface area (Å²) in [6.45, 7) is 1.20. The lowest BCUT2D eigenvalue weighted by Crippen LogP contribution is -2.33. The van der Waals surface area contributed by atoms with Crippen molar-refractivity contribution < 1.29 is 14.1 Å². The Kier molecular flexibility index (Phi) is 5.94. The Balaban J connectivity index is 1.71. The van der Waals surface area contributed by atoms with Crippen molar-refractivity contribution in [3.63, 3.8) is 0 Å². The van der Waals surface area contributed by atoms with Crippen molar-refractivity contribution in [3.8, 4) is 0 Å². The van der Waals surface area contributed by atoms with Gasteiger partial charge in [0.2, 0.25) is 0 Å². The van der Waals surface area contributed by atoms with Gasteiger partial charge in [-0.25, -0.2) is 9.37 Å². The van der Waals surface area contributed by atoms with E-state index in [1.807, 2.05) is 19.0 Å². The number of hydrogen-bond acceptors (Lipinski definition) is 7. The number of nitrogens with zero attached hydrogens (tertiary/aromatic N) is 4. The molecule has 0 spiro atoms. The van der Waals surface area contributed by atoms with Gasteiger partial charge in [0.05, 0.1) is 14.5 Å². The first-order valence-corrected chi connectivity index (χ1v) is 11.2. The zero-order chi connectivity index (χ0) is 22.1. The van der Waals surface area contributed by atoms with Crippen LogP contribution in [-0.4, -0.2) is 47.9 Å². The average Bonchev–Trinajstić information content (AvgIpc) is 3.34. The number of para-hydroxylation sites is 1. The minimum absolute atomic E-state index is 0.0196. The van der Waals surface area contributed by atoms with Crippen molar-refractivity contribution in [2.45, 2.75) is 6.42 Å². The lowest BCUT2D eigenvalue weighted by atomic mass is 10.2. The smallest absolute Gasteiger partial charge is 0.270 e. The second kappa shape index (κ2) is 8.66. The Hall–Kier alpha value is -2.95. The number of nitro benzene ring substituents is 1. The van der Waals surface area contributed by atoms with E-state index in [-0.39, 0.29) is 17.1 Å². The molecular weight excluding hydrogens is 439 g/mol. The second-order valence-electron chi connectivity index (χ2n) is 7.29. The third-order valence-corrected chi connectivity index (χ3v) is 6.89. The largest absolute Gasteiger partial charge is 0.309 e. The number of hydrogen-bond donors (Lipinski definition) is 0. The Morgan fingerprint density at radius 2 is 1.94 bits per heavy atom. The van der Waals surface area contributed by atoms with Crippen LogP contribution in [0.15, 0.2) is 42.5 Å². The normalized spacial score (nSPS) is 11.5. The standard InChI is InChI=1S/C21H19FN4O3S2/c1-24(2)9-4-10-25(21-23-19-15(22)5-3-6-17(19)31-21)20(27)18-12-13-11-14(26(28)29)7-8-16(13)30-18/h3,5-8,11-12H,4,9-10H2,1-2H3. The molecule has 0 aliphatic carbocycles. The van der Waals surface area contributed by atoms with Crippen LogP contribution in [-0.2, 0) is 0 Å². The molecule has 0 unspecified atom stereocenters. The van der Waals surface area contributed by atoms with Crippen LogP contribution in [0.4, 0.5) is 15.2 Å². The topological polar surface area (TPSA) is 79.6 Å². The molecule has 4 rings (SSSR count). The first-order valence-electron chi connectivity index (χ1n) is 9.53. The maximum Gasteiger partial charge on any atom is 0.270 e. The Morgan fingerprint density at radius 3 is 2.65 bits per heavy atom. The van der Waals surface area contributed by atoms with E-state index in [1.54, 1.807) is 29.2 Å². The third kappa shape index (κ3) is 4.41. The minimum Gasteiger partial charge on any atom is -0.309 e. The fourth-order valence-corrected chi connectivity index (χ4v) is 5.23. The summed E-state index contributed by atoms with van der Waals surface area (Å²) in [4.78, 5) is 32.5. The van der Waals surface area contributed by atoms with Crippen molar-refractivity contribution in [1.29, 1.82) is 0 Å². The summed E-state index contributed by atoms with van der Waals surface area (Å²) in [6.07, 6.45) is 0.716. The number of thiazole rings is 1. The van der Waals surface area contributed by atoms with Crippen LogP contribution < -0.4 is 4.90 Å². The van der Waals surface area contributed by atoms with Crippen molar-refractivity contribution >= 4 is 59.7 Å². The molecule has 0 radical (unpaired) electrons. The number of non-ortho nitro benzene ring substituents is 1. The predicted octanol–water partition coefficient (Wildman–Crippen LogP) is 5.16. The quantitative estimate of drug-likeness (QED) is 0.282. The summed E-state index contributed by atoms with van der Waals surface area (Å²) in [5.74, 6) is -0.670. The van der Waals surface area contributed by atoms with Gasteiger partial charge in [-0.3, -0.25) is 19.8 Å². The molecule has 2 aromatic heterocycles. The molecule has 2 heterocycles. The van der Waals surface area contributed by atoms with Crippen LogP contribution in [0.1, 0.15) is 16.1 Å². The van der Waals surface area contributed by atoms with E-state index < -0.39 is 10.7 Å². The van der Waals surface area contributed by atoms with Crippen molar-refractivity contribution in [1.82, 2.24) is 9.88 Å². The number of carbonyl (C=O) groups is 1. The number of nitro groups is 1. The van der Waals surface area contributed by atoms with E-state index in [9.17, 15) is 19.3 Å². The van der Waals surface area contributed by atoms with E-state index in [0.29, 0.717) is 33.1 Å². The number of benzene rings is 2. The Labute approximate surface area is 185 Å².